The van der Waals surface area contributed by atoms with Crippen molar-refractivity contribution in [3.8, 4) is 5.75 Å². The highest BCUT2D eigenvalue weighted by molar-refractivity contribution is 7.91. The molecule has 7 heteroatoms. The first-order valence-electron chi connectivity index (χ1n) is 9.79. The topological polar surface area (TPSA) is 66.8 Å². The molecule has 0 radical (unpaired) electrons. The maximum absolute atomic E-state index is 13.2. The lowest BCUT2D eigenvalue weighted by molar-refractivity contribution is 0.0524. The number of aliphatic hydroxyl groups is 1. The number of sulfone groups is 1. The fourth-order valence-electron chi connectivity index (χ4n) is 3.55. The summed E-state index contributed by atoms with van der Waals surface area (Å²) < 4.78 is 42.8. The zero-order valence-electron chi connectivity index (χ0n) is 16.8. The van der Waals surface area contributed by atoms with E-state index in [-0.39, 0.29) is 36.5 Å². The summed E-state index contributed by atoms with van der Waals surface area (Å²) in [6.45, 7) is 4.87. The van der Waals surface area contributed by atoms with Crippen LogP contribution < -0.4 is 4.74 Å². The number of aryl methyl sites for hydroxylation is 2. The van der Waals surface area contributed by atoms with Crippen molar-refractivity contribution in [2.24, 2.45) is 0 Å². The first-order chi connectivity index (χ1) is 13.7. The third-order valence-corrected chi connectivity index (χ3v) is 7.14. The van der Waals surface area contributed by atoms with Crippen LogP contribution in [0.5, 0.6) is 5.75 Å². The molecule has 0 bridgehead atoms. The number of ether oxygens (including phenoxy) is 1. The monoisotopic (exact) mass is 421 g/mol. The zero-order valence-corrected chi connectivity index (χ0v) is 17.7. The summed E-state index contributed by atoms with van der Waals surface area (Å²) in [5, 5.41) is 10.5. The van der Waals surface area contributed by atoms with Gasteiger partial charge in [-0.15, -0.1) is 0 Å². The Morgan fingerprint density at radius 2 is 1.90 bits per heavy atom. The maximum atomic E-state index is 13.2. The minimum atomic E-state index is -3.05. The molecule has 158 valence electrons. The lowest BCUT2D eigenvalue weighted by Crippen LogP contribution is -2.42. The molecule has 1 N–H and O–H groups in total. The lowest BCUT2D eigenvalue weighted by Gasteiger charge is -2.30. The van der Waals surface area contributed by atoms with Gasteiger partial charge in [0.05, 0.1) is 11.5 Å². The van der Waals surface area contributed by atoms with Crippen LogP contribution in [0.2, 0.25) is 0 Å². The van der Waals surface area contributed by atoms with Crippen molar-refractivity contribution in [1.29, 1.82) is 0 Å². The van der Waals surface area contributed by atoms with E-state index in [9.17, 15) is 17.9 Å². The molecule has 1 heterocycles. The highest BCUT2D eigenvalue weighted by Gasteiger charge is 2.33. The fraction of sp³-hybridized carbons (Fsp3) is 0.455. The molecule has 2 unspecified atom stereocenters. The second-order valence-corrected chi connectivity index (χ2v) is 10.1. The van der Waals surface area contributed by atoms with Gasteiger partial charge in [0.15, 0.2) is 9.84 Å². The molecule has 1 saturated heterocycles. The third-order valence-electron chi connectivity index (χ3n) is 5.39. The van der Waals surface area contributed by atoms with Gasteiger partial charge in [0.25, 0.3) is 0 Å². The Kier molecular flexibility index (Phi) is 6.93. The van der Waals surface area contributed by atoms with Crippen molar-refractivity contribution in [2.75, 3.05) is 24.7 Å². The summed E-state index contributed by atoms with van der Waals surface area (Å²) in [4.78, 5) is 1.96. The molecule has 1 fully saturated rings. The van der Waals surface area contributed by atoms with Crippen LogP contribution in [0.1, 0.15) is 23.1 Å². The van der Waals surface area contributed by atoms with Crippen molar-refractivity contribution in [2.45, 2.75) is 39.0 Å². The highest BCUT2D eigenvalue weighted by Crippen LogP contribution is 2.21. The van der Waals surface area contributed by atoms with Gasteiger partial charge in [0, 0.05) is 19.1 Å². The summed E-state index contributed by atoms with van der Waals surface area (Å²) in [5.74, 6) is 0.623. The van der Waals surface area contributed by atoms with Crippen molar-refractivity contribution in [3.63, 3.8) is 0 Å². The van der Waals surface area contributed by atoms with E-state index in [0.29, 0.717) is 18.7 Å². The Bertz CT molecular complexity index is 930. The van der Waals surface area contributed by atoms with E-state index in [0.717, 1.165) is 11.1 Å². The zero-order chi connectivity index (χ0) is 21.0. The van der Waals surface area contributed by atoms with Crippen LogP contribution in [0.4, 0.5) is 4.39 Å². The Balaban J connectivity index is 1.64. The number of halogens is 1. The van der Waals surface area contributed by atoms with Crippen molar-refractivity contribution >= 4 is 9.84 Å². The van der Waals surface area contributed by atoms with Gasteiger partial charge in [-0.05, 0) is 61.2 Å². The molecule has 29 heavy (non-hydrogen) atoms. The number of hydrogen-bond acceptors (Lipinski definition) is 5. The van der Waals surface area contributed by atoms with Crippen LogP contribution >= 0.6 is 0 Å². The van der Waals surface area contributed by atoms with Gasteiger partial charge in [-0.2, -0.15) is 0 Å². The predicted octanol–water partition coefficient (Wildman–Crippen LogP) is 2.87. The van der Waals surface area contributed by atoms with Crippen molar-refractivity contribution in [1.82, 2.24) is 4.90 Å². The van der Waals surface area contributed by atoms with E-state index in [1.54, 1.807) is 12.1 Å². The predicted molar refractivity (Wildman–Crippen MR) is 111 cm³/mol. The van der Waals surface area contributed by atoms with Crippen LogP contribution in [0.15, 0.2) is 42.5 Å². The standard InChI is InChI=1S/C22H28FNO4S/c1-16-3-8-22(11-17(16)2)28-14-21(25)13-24(20-9-10-29(26,27)15-20)12-18-4-6-19(23)7-5-18/h3-8,11,20-21,25H,9-10,12-15H2,1-2H3. The molecule has 2 atom stereocenters. The third kappa shape index (κ3) is 6.26. The molecule has 0 aromatic heterocycles. The minimum absolute atomic E-state index is 0.0823. The normalized spacial score (nSPS) is 19.4. The molecule has 0 saturated carbocycles. The van der Waals surface area contributed by atoms with Gasteiger partial charge in [-0.25, -0.2) is 12.8 Å². The Morgan fingerprint density at radius 1 is 1.17 bits per heavy atom. The van der Waals surface area contributed by atoms with Crippen molar-refractivity contribution < 1.29 is 22.7 Å². The molecule has 1 aliphatic rings. The summed E-state index contributed by atoms with van der Waals surface area (Å²) in [7, 11) is -3.05. The molecule has 2 aromatic rings. The molecule has 5 nitrogen and oxygen atoms in total. The van der Waals surface area contributed by atoms with Crippen molar-refractivity contribution in [3.05, 3.63) is 65.0 Å². The van der Waals surface area contributed by atoms with Crippen LogP contribution in [-0.2, 0) is 16.4 Å². The minimum Gasteiger partial charge on any atom is -0.491 e. The highest BCUT2D eigenvalue weighted by atomic mass is 32.2. The molecule has 0 aliphatic carbocycles. The molecule has 2 aromatic carbocycles. The number of aliphatic hydroxyl groups excluding tert-OH is 1. The molecule has 1 aliphatic heterocycles. The number of rotatable bonds is 8. The maximum Gasteiger partial charge on any atom is 0.151 e. The van der Waals surface area contributed by atoms with Crippen LogP contribution in [0, 0.1) is 19.7 Å². The lowest BCUT2D eigenvalue weighted by atomic mass is 10.1. The van der Waals surface area contributed by atoms with E-state index >= 15 is 0 Å². The van der Waals surface area contributed by atoms with Crippen LogP contribution in [0.25, 0.3) is 0 Å². The van der Waals surface area contributed by atoms with E-state index in [2.05, 4.69) is 0 Å². The average molecular weight is 422 g/mol. The van der Waals surface area contributed by atoms with Gasteiger partial charge >= 0.3 is 0 Å². The van der Waals surface area contributed by atoms with Crippen LogP contribution in [0.3, 0.4) is 0 Å². The first-order valence-corrected chi connectivity index (χ1v) is 11.6. The largest absolute Gasteiger partial charge is 0.491 e. The second-order valence-electron chi connectivity index (χ2n) is 7.82. The summed E-state index contributed by atoms with van der Waals surface area (Å²) >= 11 is 0. The number of benzene rings is 2. The Morgan fingerprint density at radius 3 is 2.52 bits per heavy atom. The molecular formula is C22H28FNO4S. The SMILES string of the molecule is Cc1ccc(OCC(O)CN(Cc2ccc(F)cc2)C2CCS(=O)(=O)C2)cc1C. The molecule has 3 rings (SSSR count). The summed E-state index contributed by atoms with van der Waals surface area (Å²) in [6.07, 6.45) is -0.241. The quantitative estimate of drug-likeness (QED) is 0.710. The van der Waals surface area contributed by atoms with E-state index < -0.39 is 15.9 Å². The van der Waals surface area contributed by atoms with Crippen LogP contribution in [-0.4, -0.2) is 55.2 Å². The summed E-state index contributed by atoms with van der Waals surface area (Å²) in [6, 6.07) is 11.8. The Hall–Kier alpha value is -1.96. The van der Waals surface area contributed by atoms with Gasteiger partial charge < -0.3 is 9.84 Å². The second kappa shape index (κ2) is 9.24. The smallest absolute Gasteiger partial charge is 0.151 e. The van der Waals surface area contributed by atoms with E-state index in [1.807, 2.05) is 36.9 Å². The van der Waals surface area contributed by atoms with E-state index in [4.69, 9.17) is 4.74 Å². The van der Waals surface area contributed by atoms with Gasteiger partial charge in [0.1, 0.15) is 24.3 Å². The van der Waals surface area contributed by atoms with E-state index in [1.165, 1.54) is 17.7 Å². The fourth-order valence-corrected chi connectivity index (χ4v) is 5.31. The summed E-state index contributed by atoms with van der Waals surface area (Å²) in [5.41, 5.74) is 3.16. The van der Waals surface area contributed by atoms with Gasteiger partial charge in [-0.3, -0.25) is 4.90 Å². The number of nitrogens with zero attached hydrogens (tertiary/aromatic N) is 1. The molecular weight excluding hydrogens is 393 g/mol. The Labute approximate surface area is 172 Å². The van der Waals surface area contributed by atoms with Gasteiger partial charge in [-0.1, -0.05) is 18.2 Å². The number of hydrogen-bond donors (Lipinski definition) is 1. The average Bonchev–Trinajstić information content (AvgIpc) is 3.04. The van der Waals surface area contributed by atoms with Gasteiger partial charge in [0.2, 0.25) is 0 Å². The molecule has 0 amide bonds. The molecule has 0 spiro atoms. The first kappa shape index (κ1) is 21.7.